The Morgan fingerprint density at radius 2 is 1.82 bits per heavy atom. The molecule has 4 nitrogen and oxygen atoms in total. The molecule has 2 aromatic heterocycles. The Morgan fingerprint density at radius 1 is 1.04 bits per heavy atom. The van der Waals surface area contributed by atoms with Crippen LogP contribution >= 0.6 is 0 Å². The summed E-state index contributed by atoms with van der Waals surface area (Å²) in [5.74, 6) is 1.03. The third-order valence-corrected chi connectivity index (χ3v) is 4.47. The predicted octanol–water partition coefficient (Wildman–Crippen LogP) is 5.23. The molecule has 0 aliphatic rings. The van der Waals surface area contributed by atoms with Crippen molar-refractivity contribution in [2.75, 3.05) is 0 Å². The quantitative estimate of drug-likeness (QED) is 0.484. The van der Waals surface area contributed by atoms with Crippen LogP contribution in [0.1, 0.15) is 11.1 Å². The number of hydrogen-bond acceptors (Lipinski definition) is 3. The third-order valence-electron chi connectivity index (χ3n) is 4.47. The van der Waals surface area contributed by atoms with Crippen LogP contribution in [-0.4, -0.2) is 14.5 Å². The highest BCUT2D eigenvalue weighted by molar-refractivity contribution is 5.82. The highest BCUT2D eigenvalue weighted by Crippen LogP contribution is 2.34. The third kappa shape index (κ3) is 3.43. The lowest BCUT2D eigenvalue weighted by Gasteiger charge is -2.11. The van der Waals surface area contributed by atoms with E-state index in [4.69, 9.17) is 4.74 Å². The average molecular weight is 383 g/mol. The molecule has 4 aromatic rings. The van der Waals surface area contributed by atoms with Crippen LogP contribution in [0.3, 0.4) is 0 Å². The van der Waals surface area contributed by atoms with Gasteiger partial charge in [-0.3, -0.25) is 4.98 Å². The molecule has 0 atom stereocenters. The number of alkyl halides is 3. The summed E-state index contributed by atoms with van der Waals surface area (Å²) in [6, 6.07) is 15.0. The van der Waals surface area contributed by atoms with Gasteiger partial charge in [-0.05, 0) is 29.8 Å². The van der Waals surface area contributed by atoms with E-state index in [1.807, 2.05) is 30.3 Å². The molecule has 0 amide bonds. The highest BCUT2D eigenvalue weighted by Gasteiger charge is 2.31. The first-order chi connectivity index (χ1) is 13.4. The second-order valence-corrected chi connectivity index (χ2v) is 6.34. The first kappa shape index (κ1) is 18.0. The van der Waals surface area contributed by atoms with Crippen LogP contribution in [0.25, 0.3) is 22.4 Å². The van der Waals surface area contributed by atoms with Gasteiger partial charge in [-0.15, -0.1) is 0 Å². The number of nitrogens with zero attached hydrogens (tertiary/aromatic N) is 3. The van der Waals surface area contributed by atoms with Gasteiger partial charge in [0.1, 0.15) is 18.2 Å². The number of halogens is 3. The van der Waals surface area contributed by atoms with E-state index in [0.29, 0.717) is 29.3 Å². The Morgan fingerprint density at radius 3 is 2.57 bits per heavy atom. The van der Waals surface area contributed by atoms with E-state index in [1.54, 1.807) is 30.1 Å². The molecule has 0 bridgehead atoms. The van der Waals surface area contributed by atoms with E-state index in [-0.39, 0.29) is 5.52 Å². The van der Waals surface area contributed by atoms with E-state index in [1.165, 1.54) is 6.07 Å². The van der Waals surface area contributed by atoms with Gasteiger partial charge in [-0.25, -0.2) is 4.98 Å². The van der Waals surface area contributed by atoms with E-state index in [0.717, 1.165) is 17.7 Å². The van der Waals surface area contributed by atoms with Crippen molar-refractivity contribution in [1.29, 1.82) is 0 Å². The van der Waals surface area contributed by atoms with Crippen LogP contribution in [0.4, 0.5) is 13.2 Å². The minimum atomic E-state index is -4.41. The standard InChI is InChI=1S/C21H16F3N3O/c1-27-18-8-7-15(21(22,23)24)11-17(18)26-20(27)16-9-10-25-12-19(16)28-13-14-5-3-2-4-6-14/h2-12H,13H2,1H3. The van der Waals surface area contributed by atoms with E-state index >= 15 is 0 Å². The van der Waals surface area contributed by atoms with Crippen LogP contribution in [0.5, 0.6) is 5.75 Å². The van der Waals surface area contributed by atoms with Gasteiger partial charge in [0.25, 0.3) is 0 Å². The van der Waals surface area contributed by atoms with Gasteiger partial charge in [-0.1, -0.05) is 30.3 Å². The summed E-state index contributed by atoms with van der Waals surface area (Å²) in [6.45, 7) is 0.349. The molecule has 0 unspecified atom stereocenters. The van der Waals surface area contributed by atoms with E-state index < -0.39 is 11.7 Å². The van der Waals surface area contributed by atoms with Gasteiger partial charge < -0.3 is 9.30 Å². The molecule has 0 saturated heterocycles. The van der Waals surface area contributed by atoms with Crippen molar-refractivity contribution >= 4 is 11.0 Å². The Kier molecular flexibility index (Phi) is 4.50. The maximum absolute atomic E-state index is 13.0. The number of benzene rings is 2. The Balaban J connectivity index is 1.73. The van der Waals surface area contributed by atoms with Crippen molar-refractivity contribution in [3.8, 4) is 17.1 Å². The van der Waals surface area contributed by atoms with Gasteiger partial charge in [0.2, 0.25) is 0 Å². The fourth-order valence-corrected chi connectivity index (χ4v) is 3.03. The maximum atomic E-state index is 13.0. The first-order valence-corrected chi connectivity index (χ1v) is 8.58. The monoisotopic (exact) mass is 383 g/mol. The summed E-state index contributed by atoms with van der Waals surface area (Å²) < 4.78 is 46.7. The Hall–Kier alpha value is -3.35. The summed E-state index contributed by atoms with van der Waals surface area (Å²) in [5, 5.41) is 0. The fourth-order valence-electron chi connectivity index (χ4n) is 3.03. The molecule has 0 spiro atoms. The molecule has 0 aliphatic carbocycles. The lowest BCUT2D eigenvalue weighted by Crippen LogP contribution is -2.04. The molecule has 2 heterocycles. The second-order valence-electron chi connectivity index (χ2n) is 6.34. The predicted molar refractivity (Wildman–Crippen MR) is 99.7 cm³/mol. The van der Waals surface area contributed by atoms with Crippen molar-refractivity contribution in [2.45, 2.75) is 12.8 Å². The Labute approximate surface area is 159 Å². The van der Waals surface area contributed by atoms with E-state index in [2.05, 4.69) is 9.97 Å². The average Bonchev–Trinajstić information content (AvgIpc) is 3.03. The topological polar surface area (TPSA) is 39.9 Å². The van der Waals surface area contributed by atoms with Crippen molar-refractivity contribution in [3.63, 3.8) is 0 Å². The van der Waals surface area contributed by atoms with Gasteiger partial charge >= 0.3 is 6.18 Å². The summed E-state index contributed by atoms with van der Waals surface area (Å²) in [5.41, 5.74) is 1.82. The van der Waals surface area contributed by atoms with Gasteiger partial charge in [0.15, 0.2) is 0 Å². The molecule has 0 radical (unpaired) electrons. The molecule has 7 heteroatoms. The number of imidazole rings is 1. The normalized spacial score (nSPS) is 11.7. The largest absolute Gasteiger partial charge is 0.487 e. The minimum Gasteiger partial charge on any atom is -0.487 e. The number of aromatic nitrogens is 3. The minimum absolute atomic E-state index is 0.276. The first-order valence-electron chi connectivity index (χ1n) is 8.58. The number of ether oxygens (including phenoxy) is 1. The SMILES string of the molecule is Cn1c(-c2ccncc2OCc2ccccc2)nc2cc(C(F)(F)F)ccc21. The molecular weight excluding hydrogens is 367 g/mol. The van der Waals surface area contributed by atoms with Crippen molar-refractivity contribution in [1.82, 2.24) is 14.5 Å². The molecule has 28 heavy (non-hydrogen) atoms. The number of fused-ring (bicyclic) bond motifs is 1. The molecule has 2 aromatic carbocycles. The van der Waals surface area contributed by atoms with Crippen LogP contribution in [0, 0.1) is 0 Å². The molecular formula is C21H16F3N3O. The lowest BCUT2D eigenvalue weighted by molar-refractivity contribution is -0.137. The molecule has 0 saturated carbocycles. The molecule has 4 rings (SSSR count). The fraction of sp³-hybridized carbons (Fsp3) is 0.143. The van der Waals surface area contributed by atoms with Crippen LogP contribution < -0.4 is 4.74 Å². The van der Waals surface area contributed by atoms with Gasteiger partial charge in [0.05, 0.1) is 28.4 Å². The molecule has 0 N–H and O–H groups in total. The van der Waals surface area contributed by atoms with Crippen LogP contribution in [-0.2, 0) is 19.8 Å². The van der Waals surface area contributed by atoms with Crippen molar-refractivity contribution in [2.24, 2.45) is 7.05 Å². The lowest BCUT2D eigenvalue weighted by atomic mass is 10.2. The number of pyridine rings is 1. The zero-order valence-corrected chi connectivity index (χ0v) is 14.9. The molecule has 0 aliphatic heterocycles. The summed E-state index contributed by atoms with van der Waals surface area (Å²) in [6.07, 6.45) is -1.23. The highest BCUT2D eigenvalue weighted by atomic mass is 19.4. The van der Waals surface area contributed by atoms with Crippen LogP contribution in [0.2, 0.25) is 0 Å². The van der Waals surface area contributed by atoms with E-state index in [9.17, 15) is 13.2 Å². The second kappa shape index (κ2) is 6.99. The zero-order valence-electron chi connectivity index (χ0n) is 14.9. The summed E-state index contributed by atoms with van der Waals surface area (Å²) in [4.78, 5) is 8.53. The van der Waals surface area contributed by atoms with Gasteiger partial charge in [-0.2, -0.15) is 13.2 Å². The van der Waals surface area contributed by atoms with Crippen molar-refractivity contribution in [3.05, 3.63) is 78.1 Å². The van der Waals surface area contributed by atoms with Crippen LogP contribution in [0.15, 0.2) is 67.0 Å². The molecule has 142 valence electrons. The summed E-state index contributed by atoms with van der Waals surface area (Å²) >= 11 is 0. The molecule has 0 fully saturated rings. The Bertz CT molecular complexity index is 1120. The smallest absolute Gasteiger partial charge is 0.416 e. The maximum Gasteiger partial charge on any atom is 0.416 e. The number of rotatable bonds is 4. The van der Waals surface area contributed by atoms with Crippen molar-refractivity contribution < 1.29 is 17.9 Å². The van der Waals surface area contributed by atoms with Gasteiger partial charge in [0, 0.05) is 13.2 Å². The summed E-state index contributed by atoms with van der Waals surface area (Å²) in [7, 11) is 1.76. The number of aryl methyl sites for hydroxylation is 1. The zero-order chi connectivity index (χ0) is 19.7. The number of hydrogen-bond donors (Lipinski definition) is 0.